The summed E-state index contributed by atoms with van der Waals surface area (Å²) in [5, 5.41) is 6.50. The van der Waals surface area contributed by atoms with Gasteiger partial charge >= 0.3 is 0 Å². The summed E-state index contributed by atoms with van der Waals surface area (Å²) in [4.78, 5) is 15.0. The molecule has 1 aliphatic heterocycles. The van der Waals surface area contributed by atoms with Crippen LogP contribution < -0.4 is 16.4 Å². The third-order valence-corrected chi connectivity index (χ3v) is 2.41. The summed E-state index contributed by atoms with van der Waals surface area (Å²) in [6.07, 6.45) is 1.07. The van der Waals surface area contributed by atoms with Crippen LogP contribution >= 0.6 is 0 Å². The van der Waals surface area contributed by atoms with Crippen molar-refractivity contribution in [2.24, 2.45) is 5.73 Å². The van der Waals surface area contributed by atoms with Gasteiger partial charge in [0.2, 0.25) is 0 Å². The highest BCUT2D eigenvalue weighted by atomic mass is 16.1. The highest BCUT2D eigenvalue weighted by Crippen LogP contribution is 2.09. The van der Waals surface area contributed by atoms with E-state index >= 15 is 0 Å². The molecule has 1 fully saturated rings. The first-order chi connectivity index (χ1) is 7.25. The number of nitrogens with two attached hydrogens (primary N) is 1. The van der Waals surface area contributed by atoms with Gasteiger partial charge in [0.25, 0.3) is 5.91 Å². The molecule has 1 aliphatic rings. The van der Waals surface area contributed by atoms with Crippen molar-refractivity contribution in [1.82, 2.24) is 10.3 Å². The lowest BCUT2D eigenvalue weighted by Gasteiger charge is -2.11. The zero-order chi connectivity index (χ0) is 10.7. The second kappa shape index (κ2) is 4.27. The van der Waals surface area contributed by atoms with Gasteiger partial charge in [-0.2, -0.15) is 0 Å². The van der Waals surface area contributed by atoms with E-state index in [4.69, 9.17) is 5.73 Å². The van der Waals surface area contributed by atoms with Crippen molar-refractivity contribution >= 4 is 11.7 Å². The normalized spacial score (nSPS) is 20.1. The molecule has 0 aliphatic carbocycles. The maximum atomic E-state index is 10.9. The monoisotopic (exact) mass is 206 g/mol. The zero-order valence-corrected chi connectivity index (χ0v) is 8.36. The van der Waals surface area contributed by atoms with Crippen LogP contribution in [0.5, 0.6) is 0 Å². The third kappa shape index (κ3) is 2.44. The highest BCUT2D eigenvalue weighted by Gasteiger charge is 2.14. The van der Waals surface area contributed by atoms with Crippen LogP contribution in [0.15, 0.2) is 18.2 Å². The summed E-state index contributed by atoms with van der Waals surface area (Å²) in [6, 6.07) is 5.61. The van der Waals surface area contributed by atoms with E-state index in [1.165, 1.54) is 0 Å². The minimum absolute atomic E-state index is 0.297. The van der Waals surface area contributed by atoms with Gasteiger partial charge in [-0.05, 0) is 25.1 Å². The topological polar surface area (TPSA) is 80.0 Å². The molecular weight excluding hydrogens is 192 g/mol. The van der Waals surface area contributed by atoms with Gasteiger partial charge in [0, 0.05) is 12.6 Å². The predicted molar refractivity (Wildman–Crippen MR) is 57.7 cm³/mol. The van der Waals surface area contributed by atoms with Crippen LogP contribution in [0.3, 0.4) is 0 Å². The standard InChI is InChI=1S/C10H14N4O/c11-10(15)8-2-1-3-9(14-8)13-7-4-5-12-6-7/h1-3,7,12H,4-6H2,(H2,11,15)(H,13,14)/t7-/m0/s1. The Morgan fingerprint density at radius 1 is 1.60 bits per heavy atom. The van der Waals surface area contributed by atoms with Crippen molar-refractivity contribution in [3.63, 3.8) is 0 Å². The minimum atomic E-state index is -0.497. The van der Waals surface area contributed by atoms with Crippen molar-refractivity contribution < 1.29 is 4.79 Å². The summed E-state index contributed by atoms with van der Waals surface area (Å²) in [6.45, 7) is 1.95. The fraction of sp³-hybridized carbons (Fsp3) is 0.400. The summed E-state index contributed by atoms with van der Waals surface area (Å²) < 4.78 is 0. The van der Waals surface area contributed by atoms with Crippen molar-refractivity contribution in [3.8, 4) is 0 Å². The number of nitrogens with zero attached hydrogens (tertiary/aromatic N) is 1. The maximum absolute atomic E-state index is 10.9. The molecule has 5 nitrogen and oxygen atoms in total. The van der Waals surface area contributed by atoms with Gasteiger partial charge in [-0.3, -0.25) is 4.79 Å². The van der Waals surface area contributed by atoms with E-state index in [1.807, 2.05) is 6.07 Å². The molecule has 0 aromatic carbocycles. The first kappa shape index (κ1) is 9.92. The van der Waals surface area contributed by atoms with Gasteiger partial charge in [0.1, 0.15) is 11.5 Å². The van der Waals surface area contributed by atoms with Crippen LogP contribution in [-0.4, -0.2) is 30.0 Å². The Labute approximate surface area is 88.1 Å². The number of hydrogen-bond donors (Lipinski definition) is 3. The molecule has 0 bridgehead atoms. The van der Waals surface area contributed by atoms with Crippen molar-refractivity contribution in [3.05, 3.63) is 23.9 Å². The number of anilines is 1. The number of hydrogen-bond acceptors (Lipinski definition) is 4. The van der Waals surface area contributed by atoms with Gasteiger partial charge in [-0.15, -0.1) is 0 Å². The van der Waals surface area contributed by atoms with Crippen molar-refractivity contribution in [2.75, 3.05) is 18.4 Å². The molecule has 1 aromatic rings. The molecule has 4 N–H and O–H groups in total. The third-order valence-electron chi connectivity index (χ3n) is 2.41. The Morgan fingerprint density at radius 3 is 3.13 bits per heavy atom. The number of nitrogens with one attached hydrogen (secondary N) is 2. The number of primary amides is 1. The molecule has 2 heterocycles. The van der Waals surface area contributed by atoms with E-state index in [-0.39, 0.29) is 0 Å². The van der Waals surface area contributed by atoms with Crippen LogP contribution in [0.1, 0.15) is 16.9 Å². The number of carbonyl (C=O) groups is 1. The van der Waals surface area contributed by atoms with Crippen LogP contribution in [0.25, 0.3) is 0 Å². The maximum Gasteiger partial charge on any atom is 0.267 e. The fourth-order valence-electron chi connectivity index (χ4n) is 1.64. The minimum Gasteiger partial charge on any atom is -0.366 e. The first-order valence-electron chi connectivity index (χ1n) is 5.00. The molecule has 1 saturated heterocycles. The summed E-state index contributed by atoms with van der Waals surface area (Å²) in [5.74, 6) is 0.211. The SMILES string of the molecule is NC(=O)c1cccc(N[C@H]2CCNC2)n1. The molecular formula is C10H14N4O. The number of aromatic nitrogens is 1. The van der Waals surface area contributed by atoms with Crippen molar-refractivity contribution in [1.29, 1.82) is 0 Å². The molecule has 0 unspecified atom stereocenters. The van der Waals surface area contributed by atoms with Crippen LogP contribution in [0.4, 0.5) is 5.82 Å². The largest absolute Gasteiger partial charge is 0.366 e. The lowest BCUT2D eigenvalue weighted by molar-refractivity contribution is 0.0995. The Kier molecular flexibility index (Phi) is 2.82. The average Bonchev–Trinajstić information content (AvgIpc) is 2.71. The van der Waals surface area contributed by atoms with Crippen molar-refractivity contribution in [2.45, 2.75) is 12.5 Å². The van der Waals surface area contributed by atoms with Gasteiger partial charge in [0.05, 0.1) is 0 Å². The lowest BCUT2D eigenvalue weighted by atomic mass is 10.2. The molecule has 0 spiro atoms. The van der Waals surface area contributed by atoms with Gasteiger partial charge < -0.3 is 16.4 Å². The number of pyridine rings is 1. The van der Waals surface area contributed by atoms with Crippen LogP contribution in [0, 0.1) is 0 Å². The molecule has 80 valence electrons. The summed E-state index contributed by atoms with van der Waals surface area (Å²) in [7, 11) is 0. The fourth-order valence-corrected chi connectivity index (χ4v) is 1.64. The van der Waals surface area contributed by atoms with E-state index < -0.39 is 5.91 Å². The zero-order valence-electron chi connectivity index (χ0n) is 8.36. The molecule has 1 amide bonds. The average molecular weight is 206 g/mol. The Morgan fingerprint density at radius 2 is 2.47 bits per heavy atom. The molecule has 2 rings (SSSR count). The highest BCUT2D eigenvalue weighted by molar-refractivity contribution is 5.91. The molecule has 15 heavy (non-hydrogen) atoms. The van der Waals surface area contributed by atoms with E-state index in [0.717, 1.165) is 19.5 Å². The quantitative estimate of drug-likeness (QED) is 0.648. The van der Waals surface area contributed by atoms with Crippen LogP contribution in [-0.2, 0) is 0 Å². The second-order valence-electron chi connectivity index (χ2n) is 3.61. The molecule has 5 heteroatoms. The number of carbonyl (C=O) groups excluding carboxylic acids is 1. The Hall–Kier alpha value is -1.62. The molecule has 0 radical (unpaired) electrons. The molecule has 0 saturated carbocycles. The summed E-state index contributed by atoms with van der Waals surface area (Å²) in [5.41, 5.74) is 5.45. The Balaban J connectivity index is 2.07. The number of amides is 1. The smallest absolute Gasteiger partial charge is 0.267 e. The Bertz CT molecular complexity index is 360. The molecule has 1 aromatic heterocycles. The van der Waals surface area contributed by atoms with E-state index in [9.17, 15) is 4.79 Å². The first-order valence-corrected chi connectivity index (χ1v) is 5.00. The van der Waals surface area contributed by atoms with E-state index in [1.54, 1.807) is 12.1 Å². The van der Waals surface area contributed by atoms with Gasteiger partial charge in [-0.1, -0.05) is 6.07 Å². The van der Waals surface area contributed by atoms with Gasteiger partial charge in [0.15, 0.2) is 0 Å². The second-order valence-corrected chi connectivity index (χ2v) is 3.61. The number of rotatable bonds is 3. The van der Waals surface area contributed by atoms with E-state index in [0.29, 0.717) is 17.6 Å². The molecule has 1 atom stereocenters. The lowest BCUT2D eigenvalue weighted by Crippen LogP contribution is -2.23. The van der Waals surface area contributed by atoms with E-state index in [2.05, 4.69) is 15.6 Å². The predicted octanol–water partition coefficient (Wildman–Crippen LogP) is -0.0457. The van der Waals surface area contributed by atoms with Crippen LogP contribution in [0.2, 0.25) is 0 Å². The summed E-state index contributed by atoms with van der Waals surface area (Å²) >= 11 is 0. The van der Waals surface area contributed by atoms with Gasteiger partial charge in [-0.25, -0.2) is 4.98 Å².